The molecule has 5 aliphatic rings. The molecule has 590 valence electrons. The minimum Gasteiger partial charge on any atom is -0.508 e. The number of amides is 7. The molecule has 35 nitrogen and oxygen atoms in total. The number of piperazine rings is 1. The summed E-state index contributed by atoms with van der Waals surface area (Å²) in [5.74, 6) is -6.49. The van der Waals surface area contributed by atoms with Crippen LogP contribution in [0.1, 0.15) is 62.7 Å². The molecule has 12 atom stereocenters. The van der Waals surface area contributed by atoms with Gasteiger partial charge in [0, 0.05) is 117 Å². The van der Waals surface area contributed by atoms with Crippen LogP contribution in [0, 0.1) is 0 Å². The average molecular weight is 1580 g/mol. The lowest BCUT2D eigenvalue weighted by Crippen LogP contribution is -2.67. The maximum atomic E-state index is 14.3. The van der Waals surface area contributed by atoms with Gasteiger partial charge in [0.05, 0.1) is 82.0 Å². The summed E-state index contributed by atoms with van der Waals surface area (Å²) in [6, 6.07) is 12.9. The number of carbonyl (C=O) groups excluding carboxylic acids is 8. The van der Waals surface area contributed by atoms with Gasteiger partial charge in [-0.05, 0) is 56.2 Å². The molecule has 0 bridgehead atoms. The van der Waals surface area contributed by atoms with Gasteiger partial charge in [-0.25, -0.2) is 9.59 Å². The zero-order valence-corrected chi connectivity index (χ0v) is 61.8. The van der Waals surface area contributed by atoms with E-state index in [-0.39, 0.29) is 106 Å². The number of rotatable bonds is 42. The fourth-order valence-electron chi connectivity index (χ4n) is 11.9. The van der Waals surface area contributed by atoms with Gasteiger partial charge in [-0.2, -0.15) is 0 Å². The first-order valence-electron chi connectivity index (χ1n) is 34.1. The number of nitrogens with one attached hydrogen (secondary N) is 4. The summed E-state index contributed by atoms with van der Waals surface area (Å²) in [5.41, 5.74) is -2.00. The number of aliphatic hydroxyl groups is 8. The number of carbonyl (C=O) groups is 10. The maximum absolute atomic E-state index is 14.3. The Kier molecular flexibility index (Phi) is 34.2. The van der Waals surface area contributed by atoms with Crippen LogP contribution in [0.15, 0.2) is 69.9 Å². The molecule has 39 heteroatoms. The number of phenols is 1. The van der Waals surface area contributed by atoms with E-state index in [0.29, 0.717) is 57.1 Å². The molecule has 7 amide bonds. The van der Waals surface area contributed by atoms with Gasteiger partial charge >= 0.3 is 11.9 Å². The minimum atomic E-state index is -2.07. The van der Waals surface area contributed by atoms with Crippen LogP contribution in [-0.4, -0.2) is 324 Å². The fraction of sp³-hybridized carbons (Fsp3) is 0.574. The zero-order valence-electron chi connectivity index (χ0n) is 58.6. The number of hydrogen-bond donors (Lipinski definition) is 15. The van der Waals surface area contributed by atoms with E-state index in [4.69, 9.17) is 28.1 Å². The van der Waals surface area contributed by atoms with E-state index >= 15 is 0 Å². The lowest BCUT2D eigenvalue weighted by Gasteiger charge is -2.45. The van der Waals surface area contributed by atoms with E-state index in [0.717, 1.165) is 18.7 Å². The van der Waals surface area contributed by atoms with Gasteiger partial charge in [0.2, 0.25) is 35.4 Å². The number of hydrogen-bond acceptors (Lipinski definition) is 30. The Morgan fingerprint density at radius 2 is 1.20 bits per heavy atom. The Morgan fingerprint density at radius 3 is 1.79 bits per heavy atom. The number of ketones is 1. The predicted molar refractivity (Wildman–Crippen MR) is 387 cm³/mol. The van der Waals surface area contributed by atoms with Gasteiger partial charge in [-0.3, -0.25) is 43.2 Å². The van der Waals surface area contributed by atoms with Crippen molar-refractivity contribution in [2.75, 3.05) is 122 Å². The van der Waals surface area contributed by atoms with Crippen LogP contribution >= 0.6 is 43.2 Å². The maximum Gasteiger partial charge on any atom is 0.335 e. The highest BCUT2D eigenvalue weighted by Gasteiger charge is 2.54. The fourth-order valence-corrected chi connectivity index (χ4v) is 17.3. The van der Waals surface area contributed by atoms with Crippen molar-refractivity contribution in [2.45, 2.75) is 124 Å². The molecule has 2 aromatic carbocycles. The SMILES string of the molecule is C[C@]1(C(=O)O)C[C@H](O)[C@@H](NC(=O)CNC(=O)CN(CCOCCOCCCC(=O)CCSSCSSCCC(=O)NCC(=O)N[C@@H]2C(O)C[C@](C)(C(=O)O)O[C@H]2C(O)[C@H](O)CO)C(=O)COCC(=O)N2CCN(C(=O)c3ccccc3-c3c4ccc(=O)cc-4oc4cc(O)ccc34)CC2)[C@H]([C@H](O)[C@H](O)CO)O1. The highest BCUT2D eigenvalue weighted by molar-refractivity contribution is 8.85. The Balaban J connectivity index is 0.803. The van der Waals surface area contributed by atoms with E-state index in [1.807, 2.05) is 0 Å². The summed E-state index contributed by atoms with van der Waals surface area (Å²) in [6.07, 6.45) is -14.0. The Morgan fingerprint density at radius 1 is 0.636 bits per heavy atom. The molecule has 1 aliphatic carbocycles. The third-order valence-electron chi connectivity index (χ3n) is 17.7. The second-order valence-corrected chi connectivity index (χ2v) is 31.2. The molecule has 0 radical (unpaired) electrons. The van der Waals surface area contributed by atoms with Crippen molar-refractivity contribution in [1.29, 1.82) is 0 Å². The number of aliphatic carboxylic acids is 2. The molecule has 3 saturated heterocycles. The van der Waals surface area contributed by atoms with Crippen LogP contribution in [0.25, 0.3) is 33.4 Å². The van der Waals surface area contributed by atoms with Crippen molar-refractivity contribution < 1.29 is 132 Å². The predicted octanol–water partition coefficient (Wildman–Crippen LogP) is -2.10. The van der Waals surface area contributed by atoms with Crippen molar-refractivity contribution in [3.05, 3.63) is 76.5 Å². The molecular weight excluding hydrogens is 1490 g/mol. The topological polar surface area (TPSA) is 527 Å². The van der Waals surface area contributed by atoms with Gasteiger partial charge in [0.25, 0.3) is 5.91 Å². The van der Waals surface area contributed by atoms with Crippen LogP contribution in [0.3, 0.4) is 0 Å². The molecule has 2 unspecified atom stereocenters. The molecule has 4 heterocycles. The summed E-state index contributed by atoms with van der Waals surface area (Å²) in [4.78, 5) is 146. The molecule has 0 aromatic heterocycles. The second kappa shape index (κ2) is 42.0. The van der Waals surface area contributed by atoms with Gasteiger partial charge in [-0.1, -0.05) is 61.4 Å². The summed E-state index contributed by atoms with van der Waals surface area (Å²) in [7, 11) is 5.93. The van der Waals surface area contributed by atoms with Gasteiger partial charge < -0.3 is 120 Å². The summed E-state index contributed by atoms with van der Waals surface area (Å²) < 4.78 is 34.0. The van der Waals surface area contributed by atoms with Gasteiger partial charge in [0.15, 0.2) is 16.6 Å². The first-order valence-corrected chi connectivity index (χ1v) is 39.1. The molecule has 4 aliphatic heterocycles. The third-order valence-corrected chi connectivity index (χ3v) is 23.3. The monoisotopic (exact) mass is 1580 g/mol. The van der Waals surface area contributed by atoms with Crippen LogP contribution in [0.4, 0.5) is 0 Å². The van der Waals surface area contributed by atoms with E-state index < -0.39 is 178 Å². The van der Waals surface area contributed by atoms with Crippen molar-refractivity contribution >= 4 is 113 Å². The third kappa shape index (κ3) is 25.1. The summed E-state index contributed by atoms with van der Waals surface area (Å²) in [5, 5.41) is 122. The summed E-state index contributed by atoms with van der Waals surface area (Å²) >= 11 is 0. The smallest absolute Gasteiger partial charge is 0.335 e. The lowest BCUT2D eigenvalue weighted by molar-refractivity contribution is -0.224. The number of aromatic hydroxyl groups is 1. The Labute approximate surface area is 629 Å². The lowest BCUT2D eigenvalue weighted by atomic mass is 9.84. The van der Waals surface area contributed by atoms with Crippen LogP contribution < -0.4 is 26.7 Å². The largest absolute Gasteiger partial charge is 0.508 e. The van der Waals surface area contributed by atoms with Crippen LogP contribution in [0.2, 0.25) is 0 Å². The zero-order chi connectivity index (χ0) is 78.1. The molecule has 2 aromatic rings. The Bertz CT molecular complexity index is 3740. The number of carboxylic acid groups (broad SMARTS) is 2. The second-order valence-electron chi connectivity index (χ2n) is 25.7. The highest BCUT2D eigenvalue weighted by Crippen LogP contribution is 2.43. The molecule has 0 saturated carbocycles. The summed E-state index contributed by atoms with van der Waals surface area (Å²) in [6.45, 7) is -2.37. The standard InChI is InChI=1S/C68H91N7O28S4/c1-67(65(94)95)28-45(81)58(62(102-67)60(91)47(83)33-76)71-52(86)30-69-51(85)14-25-105-107-37-106-104-24-13-38(78)6-5-20-98-22-23-99-21-19-75(32-54(88)70-31-53(87)72-59-46(82)29-68(2,66(96)97)103-63(59)61(92)48(84)34-77)56(90)36-100-35-55(89)73-15-17-74(18-16-73)64(93)42-8-4-3-7-41(42)57-43-11-9-39(79)26-49(43)101-50-27-40(80)10-12-44(50)57/h3-4,7-12,26-27,45-48,58-63,76-77,79,81-84,91-92H,5-6,13-25,28-37H2,1-2H3,(H,69,85)(H,70,88)(H,71,86)(H,72,87)(H,94,95)(H,96,97)/t45?,46-,47+,48+,58+,59+,60?,61+,62+,63+,67+,68+/m0/s1. The van der Waals surface area contributed by atoms with E-state index in [1.54, 1.807) is 41.3 Å². The number of benzene rings is 3. The quantitative estimate of drug-likeness (QED) is 0.00978. The normalized spacial score (nSPS) is 22.1. The molecule has 7 rings (SSSR count). The van der Waals surface area contributed by atoms with Crippen molar-refractivity contribution in [3.8, 4) is 28.2 Å². The number of nitrogens with zero attached hydrogens (tertiary/aromatic N) is 3. The molecule has 3 fully saturated rings. The molecular formula is C68H91N7O28S4. The van der Waals surface area contributed by atoms with Crippen molar-refractivity contribution in [2.24, 2.45) is 0 Å². The highest BCUT2D eigenvalue weighted by atomic mass is 33.1. The number of ether oxygens (including phenoxy) is 5. The van der Waals surface area contributed by atoms with Crippen LogP contribution in [-0.2, 0) is 66.8 Å². The van der Waals surface area contributed by atoms with E-state index in [2.05, 4.69) is 21.3 Å². The first-order chi connectivity index (χ1) is 51.0. The molecule has 15 N–H and O–H groups in total. The number of aliphatic hydroxyl groups excluding tert-OH is 8. The van der Waals surface area contributed by atoms with Crippen molar-refractivity contribution in [3.63, 3.8) is 0 Å². The van der Waals surface area contributed by atoms with E-state index in [1.165, 1.54) is 72.3 Å². The van der Waals surface area contributed by atoms with Gasteiger partial charge in [0.1, 0.15) is 72.7 Å². The van der Waals surface area contributed by atoms with Crippen LogP contribution in [0.5, 0.6) is 5.75 Å². The number of carboxylic acids is 2. The Hall–Kier alpha value is -7.29. The number of Topliss-reactive ketones (excluding diaryl/α,β-unsaturated/α-hetero) is 1. The van der Waals surface area contributed by atoms with Crippen molar-refractivity contribution in [1.82, 2.24) is 36.0 Å². The first kappa shape index (κ1) is 86.9. The average Bonchev–Trinajstić information content (AvgIpc) is 0.756. The molecule has 0 spiro atoms. The van der Waals surface area contributed by atoms with Gasteiger partial charge in [-0.15, -0.1) is 0 Å². The number of fused-ring (bicyclic) bond motifs is 2. The minimum absolute atomic E-state index is 0.0264. The number of phenolic OH excluding ortho intramolecular Hbond substituents is 1. The molecule has 107 heavy (non-hydrogen) atoms. The van der Waals surface area contributed by atoms with E-state index in [9.17, 15) is 109 Å².